The van der Waals surface area contributed by atoms with Crippen LogP contribution in [-0.2, 0) is 6.42 Å². The van der Waals surface area contributed by atoms with Crippen LogP contribution < -0.4 is 0 Å². The topological polar surface area (TPSA) is 47.3 Å². The summed E-state index contributed by atoms with van der Waals surface area (Å²) in [4.78, 5) is 13.0. The molecule has 0 aliphatic heterocycles. The summed E-state index contributed by atoms with van der Waals surface area (Å²) in [5.74, 6) is 1.33. The van der Waals surface area contributed by atoms with Crippen LogP contribution in [0.15, 0.2) is 30.6 Å². The lowest BCUT2D eigenvalue weighted by molar-refractivity contribution is 0.0871. The van der Waals surface area contributed by atoms with E-state index in [0.717, 1.165) is 52.9 Å². The summed E-state index contributed by atoms with van der Waals surface area (Å²) in [5.41, 5.74) is 3.98. The van der Waals surface area contributed by atoms with Crippen LogP contribution in [0.5, 0.6) is 0 Å². The zero-order valence-electron chi connectivity index (χ0n) is 15.0. The van der Waals surface area contributed by atoms with Gasteiger partial charge in [0.15, 0.2) is 11.4 Å². The molecule has 4 heteroatoms. The molecule has 1 aliphatic carbocycles. The highest BCUT2D eigenvalue weighted by molar-refractivity contribution is 6.01. The van der Waals surface area contributed by atoms with Gasteiger partial charge in [0.25, 0.3) is 0 Å². The molecule has 1 saturated carbocycles. The fourth-order valence-electron chi connectivity index (χ4n) is 4.25. The lowest BCUT2D eigenvalue weighted by atomic mass is 9.77. The molecule has 0 amide bonds. The van der Waals surface area contributed by atoms with E-state index < -0.39 is 0 Å². The molecule has 130 valence electrons. The molecule has 0 N–H and O–H groups in total. The summed E-state index contributed by atoms with van der Waals surface area (Å²) in [7, 11) is 0. The molecule has 4 nitrogen and oxygen atoms in total. The molecule has 25 heavy (non-hydrogen) atoms. The second kappa shape index (κ2) is 6.58. The molecule has 1 aromatic carbocycles. The average Bonchev–Trinajstić information content (AvgIpc) is 3.16. The number of hydrogen-bond donors (Lipinski definition) is 0. The number of Topliss-reactive ketones (excluding diaryl/α,β-unsaturated/α-hetero) is 1. The maximum absolute atomic E-state index is 13.0. The van der Waals surface area contributed by atoms with Crippen molar-refractivity contribution >= 4 is 22.3 Å². The van der Waals surface area contributed by atoms with Gasteiger partial charge in [-0.3, -0.25) is 9.20 Å². The first-order chi connectivity index (χ1) is 12.2. The van der Waals surface area contributed by atoms with Crippen molar-refractivity contribution in [1.82, 2.24) is 14.6 Å². The van der Waals surface area contributed by atoms with Crippen LogP contribution in [0.4, 0.5) is 0 Å². The lowest BCUT2D eigenvalue weighted by Gasteiger charge is -2.26. The third kappa shape index (κ3) is 2.84. The van der Waals surface area contributed by atoms with E-state index in [2.05, 4.69) is 36.2 Å². The summed E-state index contributed by atoms with van der Waals surface area (Å²) in [6.07, 6.45) is 8.37. The normalized spacial score (nSPS) is 21.0. The molecule has 0 saturated heterocycles. The fraction of sp³-hybridized carbons (Fsp3) is 0.476. The first kappa shape index (κ1) is 16.2. The van der Waals surface area contributed by atoms with E-state index >= 15 is 0 Å². The van der Waals surface area contributed by atoms with Gasteiger partial charge in [-0.2, -0.15) is 0 Å². The minimum atomic E-state index is 0.199. The molecular weight excluding hydrogens is 310 g/mol. The quantitative estimate of drug-likeness (QED) is 0.641. The van der Waals surface area contributed by atoms with Gasteiger partial charge in [0.05, 0.1) is 5.52 Å². The molecule has 0 radical (unpaired) electrons. The van der Waals surface area contributed by atoms with Gasteiger partial charge in [-0.15, -0.1) is 10.2 Å². The van der Waals surface area contributed by atoms with Crippen LogP contribution in [0.2, 0.25) is 0 Å². The number of aryl methyl sites for hydroxylation is 1. The van der Waals surface area contributed by atoms with E-state index in [-0.39, 0.29) is 5.92 Å². The number of aromatic nitrogens is 3. The third-order valence-corrected chi connectivity index (χ3v) is 5.91. The van der Waals surface area contributed by atoms with Gasteiger partial charge in [-0.1, -0.05) is 20.3 Å². The highest BCUT2D eigenvalue weighted by atomic mass is 16.1. The summed E-state index contributed by atoms with van der Waals surface area (Å²) in [5, 5.41) is 9.38. The summed E-state index contributed by atoms with van der Waals surface area (Å²) >= 11 is 0. The Labute approximate surface area is 148 Å². The van der Waals surface area contributed by atoms with E-state index in [0.29, 0.717) is 5.78 Å². The van der Waals surface area contributed by atoms with Crippen LogP contribution in [-0.4, -0.2) is 20.4 Å². The standard InChI is InChI=1S/C21H25N3O/c1-3-14-5-7-16(8-6-14)20(25)17-9-10-19-18(12-17)11-15(4-2)21-23-22-13-24(19)21/h9-14,16H,3-8H2,1-2H3. The van der Waals surface area contributed by atoms with Gasteiger partial charge >= 0.3 is 0 Å². The smallest absolute Gasteiger partial charge is 0.165 e. The summed E-state index contributed by atoms with van der Waals surface area (Å²) < 4.78 is 2.02. The fourth-order valence-corrected chi connectivity index (χ4v) is 4.25. The van der Waals surface area contributed by atoms with Crippen molar-refractivity contribution in [3.05, 3.63) is 41.7 Å². The number of nitrogens with zero attached hydrogens (tertiary/aromatic N) is 3. The molecule has 1 aliphatic rings. The molecule has 0 spiro atoms. The minimum absolute atomic E-state index is 0.199. The van der Waals surface area contributed by atoms with E-state index in [4.69, 9.17) is 0 Å². The van der Waals surface area contributed by atoms with E-state index in [1.807, 2.05) is 16.5 Å². The van der Waals surface area contributed by atoms with Gasteiger partial charge in [0.1, 0.15) is 6.33 Å². The van der Waals surface area contributed by atoms with E-state index in [1.54, 1.807) is 6.33 Å². The van der Waals surface area contributed by atoms with Gasteiger partial charge in [0.2, 0.25) is 0 Å². The zero-order chi connectivity index (χ0) is 17.4. The third-order valence-electron chi connectivity index (χ3n) is 5.91. The number of hydrogen-bond acceptors (Lipinski definition) is 3. The Hall–Kier alpha value is -2.23. The van der Waals surface area contributed by atoms with Gasteiger partial charge in [-0.05, 0) is 73.2 Å². The number of carbonyl (C=O) groups excluding carboxylic acids is 1. The second-order valence-corrected chi connectivity index (χ2v) is 7.31. The Balaban J connectivity index is 1.69. The SMILES string of the molecule is CCc1cc2cc(C(=O)C3CCC(CC)CC3)ccc2n2cnnc12. The van der Waals surface area contributed by atoms with Crippen molar-refractivity contribution in [2.75, 3.05) is 0 Å². The van der Waals surface area contributed by atoms with Crippen molar-refractivity contribution in [2.45, 2.75) is 52.4 Å². The summed E-state index contributed by atoms with van der Waals surface area (Å²) in [6.45, 7) is 4.38. The maximum Gasteiger partial charge on any atom is 0.165 e. The zero-order valence-corrected chi connectivity index (χ0v) is 15.0. The summed E-state index contributed by atoms with van der Waals surface area (Å²) in [6, 6.07) is 8.23. The monoisotopic (exact) mass is 335 g/mol. The Bertz CT molecular complexity index is 919. The van der Waals surface area contributed by atoms with Gasteiger partial charge in [-0.25, -0.2) is 0 Å². The highest BCUT2D eigenvalue weighted by Crippen LogP contribution is 2.33. The van der Waals surface area contributed by atoms with Crippen LogP contribution in [0.1, 0.15) is 61.9 Å². The van der Waals surface area contributed by atoms with Crippen LogP contribution in [0, 0.1) is 11.8 Å². The molecule has 2 heterocycles. The van der Waals surface area contributed by atoms with Gasteiger partial charge < -0.3 is 0 Å². The molecule has 0 unspecified atom stereocenters. The molecule has 4 rings (SSSR count). The second-order valence-electron chi connectivity index (χ2n) is 7.31. The number of carbonyl (C=O) groups is 1. The number of ketones is 1. The number of pyridine rings is 1. The Morgan fingerprint density at radius 1 is 1.16 bits per heavy atom. The largest absolute Gasteiger partial charge is 0.294 e. The van der Waals surface area contributed by atoms with Crippen molar-refractivity contribution in [3.8, 4) is 0 Å². The molecule has 1 fully saturated rings. The minimum Gasteiger partial charge on any atom is -0.294 e. The predicted molar refractivity (Wildman–Crippen MR) is 99.9 cm³/mol. The van der Waals surface area contributed by atoms with Crippen molar-refractivity contribution < 1.29 is 4.79 Å². The molecule has 2 aromatic heterocycles. The Kier molecular flexibility index (Phi) is 4.28. The van der Waals surface area contributed by atoms with Crippen molar-refractivity contribution in [1.29, 1.82) is 0 Å². The molecule has 0 bridgehead atoms. The average molecular weight is 335 g/mol. The first-order valence-corrected chi connectivity index (χ1v) is 9.50. The Morgan fingerprint density at radius 3 is 2.68 bits per heavy atom. The number of rotatable bonds is 4. The number of fused-ring (bicyclic) bond motifs is 3. The van der Waals surface area contributed by atoms with Crippen molar-refractivity contribution in [3.63, 3.8) is 0 Å². The first-order valence-electron chi connectivity index (χ1n) is 9.50. The Morgan fingerprint density at radius 2 is 1.96 bits per heavy atom. The lowest BCUT2D eigenvalue weighted by Crippen LogP contribution is -2.21. The highest BCUT2D eigenvalue weighted by Gasteiger charge is 2.26. The molecular formula is C21H25N3O. The van der Waals surface area contributed by atoms with E-state index in [1.165, 1.54) is 19.3 Å². The maximum atomic E-state index is 13.0. The van der Waals surface area contributed by atoms with Crippen LogP contribution in [0.25, 0.3) is 16.6 Å². The predicted octanol–water partition coefficient (Wildman–Crippen LogP) is 4.84. The van der Waals surface area contributed by atoms with E-state index in [9.17, 15) is 4.79 Å². The molecule has 3 aromatic rings. The van der Waals surface area contributed by atoms with Gasteiger partial charge in [0, 0.05) is 11.5 Å². The van der Waals surface area contributed by atoms with Crippen LogP contribution >= 0.6 is 0 Å². The number of benzene rings is 1. The van der Waals surface area contributed by atoms with Crippen molar-refractivity contribution in [2.24, 2.45) is 11.8 Å². The van der Waals surface area contributed by atoms with Crippen LogP contribution in [0.3, 0.4) is 0 Å². The molecule has 0 atom stereocenters.